The number of aryl methyl sites for hydroxylation is 1. The third-order valence-electron chi connectivity index (χ3n) is 4.85. The zero-order valence-electron chi connectivity index (χ0n) is 16.2. The molecule has 2 heterocycles. The summed E-state index contributed by atoms with van der Waals surface area (Å²) < 4.78 is 14.7. The van der Waals surface area contributed by atoms with Gasteiger partial charge in [0.25, 0.3) is 0 Å². The quantitative estimate of drug-likeness (QED) is 0.359. The Morgan fingerprint density at radius 1 is 1.07 bits per heavy atom. The molecule has 30 heavy (non-hydrogen) atoms. The minimum absolute atomic E-state index is 0. The van der Waals surface area contributed by atoms with E-state index in [0.29, 0.717) is 13.2 Å². The van der Waals surface area contributed by atoms with Crippen molar-refractivity contribution in [3.05, 3.63) is 82.9 Å². The maximum Gasteiger partial charge on any atom is 0.187 e. The predicted octanol–water partition coefficient (Wildman–Crippen LogP) is 6.15. The van der Waals surface area contributed by atoms with Gasteiger partial charge in [-0.2, -0.15) is 0 Å². The van der Waals surface area contributed by atoms with Crippen molar-refractivity contribution in [2.24, 2.45) is 0 Å². The molecule has 2 atom stereocenters. The van der Waals surface area contributed by atoms with E-state index in [9.17, 15) is 0 Å². The Morgan fingerprint density at radius 2 is 1.77 bits per heavy atom. The SMILES string of the molecule is Cl.Clc1ccc(CCC2(Cn3ccnc3)OCC(CSc3ccc(Cl)cc3)O2)cc1. The van der Waals surface area contributed by atoms with Crippen LogP contribution in [0.5, 0.6) is 0 Å². The van der Waals surface area contributed by atoms with Gasteiger partial charge in [-0.15, -0.1) is 24.2 Å². The number of aromatic nitrogens is 2. The highest BCUT2D eigenvalue weighted by Gasteiger charge is 2.41. The van der Waals surface area contributed by atoms with Gasteiger partial charge in [-0.25, -0.2) is 4.98 Å². The summed E-state index contributed by atoms with van der Waals surface area (Å²) >= 11 is 13.7. The Morgan fingerprint density at radius 3 is 2.43 bits per heavy atom. The molecule has 1 saturated heterocycles. The fourth-order valence-electron chi connectivity index (χ4n) is 3.36. The molecule has 0 aliphatic carbocycles. The third kappa shape index (κ3) is 6.39. The van der Waals surface area contributed by atoms with Crippen molar-refractivity contribution in [1.29, 1.82) is 0 Å². The standard InChI is InChI=1S/C22H22Cl2N2O2S.ClH/c23-18-3-1-17(2-4-18)9-10-22(15-26-12-11-25-16-26)27-13-20(28-22)14-29-21-7-5-19(24)6-8-21;/h1-8,11-12,16,20H,9-10,13-15H2;1H. The lowest BCUT2D eigenvalue weighted by Crippen LogP contribution is -2.37. The molecule has 1 aromatic heterocycles. The number of halogens is 3. The van der Waals surface area contributed by atoms with E-state index in [2.05, 4.69) is 17.1 Å². The average molecular weight is 486 g/mol. The van der Waals surface area contributed by atoms with E-state index in [1.165, 1.54) is 10.5 Å². The maximum absolute atomic E-state index is 6.47. The van der Waals surface area contributed by atoms with Crippen molar-refractivity contribution >= 4 is 47.4 Å². The lowest BCUT2D eigenvalue weighted by Gasteiger charge is -2.28. The molecule has 160 valence electrons. The fraction of sp³-hybridized carbons (Fsp3) is 0.318. The largest absolute Gasteiger partial charge is 0.345 e. The molecule has 0 spiro atoms. The van der Waals surface area contributed by atoms with Crippen LogP contribution in [0.1, 0.15) is 12.0 Å². The molecule has 2 aromatic carbocycles. The Hall–Kier alpha value is -1.21. The van der Waals surface area contributed by atoms with E-state index in [-0.39, 0.29) is 18.5 Å². The summed E-state index contributed by atoms with van der Waals surface area (Å²) in [6.45, 7) is 1.19. The zero-order chi connectivity index (χ0) is 20.1. The molecule has 1 aliphatic rings. The third-order valence-corrected chi connectivity index (χ3v) is 6.50. The Kier molecular flexibility index (Phi) is 8.52. The molecular formula is C22H23Cl3N2O2S. The molecule has 0 N–H and O–H groups in total. The monoisotopic (exact) mass is 484 g/mol. The highest BCUT2D eigenvalue weighted by molar-refractivity contribution is 7.99. The second-order valence-electron chi connectivity index (χ2n) is 7.09. The van der Waals surface area contributed by atoms with Gasteiger partial charge in [0, 0.05) is 39.5 Å². The number of hydrogen-bond donors (Lipinski definition) is 0. The van der Waals surface area contributed by atoms with Gasteiger partial charge in [0.1, 0.15) is 0 Å². The number of nitrogens with zero attached hydrogens (tertiary/aromatic N) is 2. The van der Waals surface area contributed by atoms with Gasteiger partial charge in [-0.05, 0) is 48.4 Å². The molecule has 0 bridgehead atoms. The summed E-state index contributed by atoms with van der Waals surface area (Å²) in [5.74, 6) is 0.166. The second-order valence-corrected chi connectivity index (χ2v) is 9.05. The topological polar surface area (TPSA) is 36.3 Å². The molecule has 0 radical (unpaired) electrons. The number of imidazole rings is 1. The van der Waals surface area contributed by atoms with E-state index in [0.717, 1.165) is 28.6 Å². The first kappa shape index (κ1) is 23.5. The minimum atomic E-state index is -0.661. The molecule has 4 rings (SSSR count). The number of benzene rings is 2. The van der Waals surface area contributed by atoms with E-state index in [4.69, 9.17) is 32.7 Å². The van der Waals surface area contributed by atoms with Crippen molar-refractivity contribution in [2.75, 3.05) is 12.4 Å². The van der Waals surface area contributed by atoms with Crippen LogP contribution in [-0.4, -0.2) is 33.8 Å². The van der Waals surface area contributed by atoms with E-state index >= 15 is 0 Å². The van der Waals surface area contributed by atoms with Crippen LogP contribution in [-0.2, 0) is 22.4 Å². The fourth-order valence-corrected chi connectivity index (χ4v) is 4.48. The maximum atomic E-state index is 6.47. The van der Waals surface area contributed by atoms with Gasteiger partial charge in [-0.3, -0.25) is 0 Å². The lowest BCUT2D eigenvalue weighted by molar-refractivity contribution is -0.180. The van der Waals surface area contributed by atoms with Crippen LogP contribution in [0.25, 0.3) is 0 Å². The van der Waals surface area contributed by atoms with Gasteiger partial charge < -0.3 is 14.0 Å². The molecule has 3 aromatic rings. The summed E-state index contributed by atoms with van der Waals surface area (Å²) in [6.07, 6.45) is 7.15. The first-order valence-electron chi connectivity index (χ1n) is 9.51. The molecule has 0 saturated carbocycles. The van der Waals surface area contributed by atoms with Crippen molar-refractivity contribution < 1.29 is 9.47 Å². The van der Waals surface area contributed by atoms with Gasteiger partial charge in [0.15, 0.2) is 5.79 Å². The van der Waals surface area contributed by atoms with Gasteiger partial charge >= 0.3 is 0 Å². The summed E-state index contributed by atoms with van der Waals surface area (Å²) in [4.78, 5) is 5.32. The second kappa shape index (κ2) is 10.9. The molecule has 2 unspecified atom stereocenters. The zero-order valence-corrected chi connectivity index (χ0v) is 19.4. The molecule has 1 aliphatic heterocycles. The Bertz CT molecular complexity index is 907. The summed E-state index contributed by atoms with van der Waals surface area (Å²) in [7, 11) is 0. The molecule has 0 amide bonds. The molecule has 1 fully saturated rings. The highest BCUT2D eigenvalue weighted by Crippen LogP contribution is 2.33. The van der Waals surface area contributed by atoms with Crippen molar-refractivity contribution in [3.8, 4) is 0 Å². The van der Waals surface area contributed by atoms with Gasteiger partial charge in [0.2, 0.25) is 0 Å². The van der Waals surface area contributed by atoms with Crippen LogP contribution >= 0.6 is 47.4 Å². The first-order valence-corrected chi connectivity index (χ1v) is 11.2. The number of thioether (sulfide) groups is 1. The van der Waals surface area contributed by atoms with Crippen molar-refractivity contribution in [1.82, 2.24) is 9.55 Å². The van der Waals surface area contributed by atoms with E-state index in [1.54, 1.807) is 24.3 Å². The van der Waals surface area contributed by atoms with Gasteiger partial charge in [-0.1, -0.05) is 35.3 Å². The smallest absolute Gasteiger partial charge is 0.187 e. The molecule has 8 heteroatoms. The predicted molar refractivity (Wildman–Crippen MR) is 125 cm³/mol. The number of hydrogen-bond acceptors (Lipinski definition) is 4. The lowest BCUT2D eigenvalue weighted by atomic mass is 10.0. The summed E-state index contributed by atoms with van der Waals surface area (Å²) in [6, 6.07) is 15.8. The van der Waals surface area contributed by atoms with Crippen LogP contribution in [0, 0.1) is 0 Å². The minimum Gasteiger partial charge on any atom is -0.345 e. The number of rotatable bonds is 8. The van der Waals surface area contributed by atoms with Crippen molar-refractivity contribution in [2.45, 2.75) is 36.2 Å². The average Bonchev–Trinajstić information content (AvgIpc) is 3.38. The van der Waals surface area contributed by atoms with Crippen LogP contribution in [0.2, 0.25) is 10.0 Å². The molecule has 4 nitrogen and oxygen atoms in total. The Labute approximate surface area is 197 Å². The number of ether oxygens (including phenoxy) is 2. The van der Waals surface area contributed by atoms with Crippen molar-refractivity contribution in [3.63, 3.8) is 0 Å². The van der Waals surface area contributed by atoms with Gasteiger partial charge in [0.05, 0.1) is 25.6 Å². The van der Waals surface area contributed by atoms with E-state index < -0.39 is 5.79 Å². The first-order chi connectivity index (χ1) is 14.1. The van der Waals surface area contributed by atoms with E-state index in [1.807, 2.05) is 47.2 Å². The summed E-state index contributed by atoms with van der Waals surface area (Å²) in [5.41, 5.74) is 1.21. The van der Waals surface area contributed by atoms with Crippen LogP contribution < -0.4 is 0 Å². The highest BCUT2D eigenvalue weighted by atomic mass is 35.5. The Balaban J connectivity index is 0.00000256. The molecular weight excluding hydrogens is 463 g/mol. The van der Waals surface area contributed by atoms with Crippen LogP contribution in [0.15, 0.2) is 72.1 Å². The normalized spacial score (nSPS) is 20.8. The van der Waals surface area contributed by atoms with Crippen LogP contribution in [0.3, 0.4) is 0 Å². The summed E-state index contributed by atoms with van der Waals surface area (Å²) in [5, 5.41) is 1.49. The van der Waals surface area contributed by atoms with Crippen LogP contribution in [0.4, 0.5) is 0 Å².